The molecular formula is C21H18O3. The summed E-state index contributed by atoms with van der Waals surface area (Å²) < 4.78 is 11.7. The second-order valence-electron chi connectivity index (χ2n) is 5.36. The summed E-state index contributed by atoms with van der Waals surface area (Å²) in [7, 11) is 0. The van der Waals surface area contributed by atoms with Gasteiger partial charge in [-0.15, -0.1) is 0 Å². The molecule has 3 nitrogen and oxygen atoms in total. The lowest BCUT2D eigenvalue weighted by molar-refractivity contribution is 0.112. The van der Waals surface area contributed by atoms with Crippen LogP contribution in [0.3, 0.4) is 0 Å². The molecule has 0 unspecified atom stereocenters. The van der Waals surface area contributed by atoms with Gasteiger partial charge in [0.15, 0.2) is 0 Å². The Kier molecular flexibility index (Phi) is 5.25. The van der Waals surface area contributed by atoms with Crippen LogP contribution in [0.5, 0.6) is 11.5 Å². The van der Waals surface area contributed by atoms with Gasteiger partial charge in [-0.3, -0.25) is 4.79 Å². The van der Waals surface area contributed by atoms with E-state index in [2.05, 4.69) is 0 Å². The smallest absolute Gasteiger partial charge is 0.150 e. The van der Waals surface area contributed by atoms with Gasteiger partial charge >= 0.3 is 0 Å². The van der Waals surface area contributed by atoms with Gasteiger partial charge in [-0.2, -0.15) is 0 Å². The number of carbonyl (C=O) groups excluding carboxylic acids is 1. The maximum Gasteiger partial charge on any atom is 0.150 e. The van der Waals surface area contributed by atoms with Crippen LogP contribution >= 0.6 is 0 Å². The van der Waals surface area contributed by atoms with E-state index in [1.807, 2.05) is 66.7 Å². The zero-order valence-electron chi connectivity index (χ0n) is 13.2. The summed E-state index contributed by atoms with van der Waals surface area (Å²) in [5, 5.41) is 0. The molecule has 3 heteroatoms. The predicted molar refractivity (Wildman–Crippen MR) is 93.4 cm³/mol. The van der Waals surface area contributed by atoms with Gasteiger partial charge in [0.05, 0.1) is 0 Å². The lowest BCUT2D eigenvalue weighted by Gasteiger charge is -2.13. The van der Waals surface area contributed by atoms with Crippen molar-refractivity contribution < 1.29 is 14.3 Å². The standard InChI is InChI=1S/C21H18O3/c22-14-18-11-12-21(24-15-17-7-3-1-4-8-17)19(13-18)16-23-20-9-5-2-6-10-20/h1-14H,15-16H2. The molecule has 0 fully saturated rings. The van der Waals surface area contributed by atoms with E-state index in [4.69, 9.17) is 9.47 Å². The van der Waals surface area contributed by atoms with Crippen molar-refractivity contribution >= 4 is 6.29 Å². The highest BCUT2D eigenvalue weighted by molar-refractivity contribution is 5.75. The van der Waals surface area contributed by atoms with Crippen molar-refractivity contribution in [2.75, 3.05) is 0 Å². The molecule has 0 aliphatic carbocycles. The molecule has 0 aromatic heterocycles. The number of carbonyl (C=O) groups is 1. The molecule has 0 bridgehead atoms. The molecule has 3 rings (SSSR count). The minimum Gasteiger partial charge on any atom is -0.489 e. The summed E-state index contributed by atoms with van der Waals surface area (Å²) in [6.07, 6.45) is 0.826. The van der Waals surface area contributed by atoms with E-state index in [1.54, 1.807) is 12.1 Å². The molecule has 0 N–H and O–H groups in total. The van der Waals surface area contributed by atoms with E-state index in [0.717, 1.165) is 28.9 Å². The van der Waals surface area contributed by atoms with Crippen molar-refractivity contribution in [1.29, 1.82) is 0 Å². The van der Waals surface area contributed by atoms with Gasteiger partial charge in [0.25, 0.3) is 0 Å². The third-order valence-electron chi connectivity index (χ3n) is 3.60. The first kappa shape index (κ1) is 15.8. The minimum absolute atomic E-state index is 0.343. The molecule has 24 heavy (non-hydrogen) atoms. The van der Waals surface area contributed by atoms with E-state index in [-0.39, 0.29) is 0 Å². The van der Waals surface area contributed by atoms with Gasteiger partial charge in [-0.25, -0.2) is 0 Å². The van der Waals surface area contributed by atoms with Gasteiger partial charge in [0, 0.05) is 11.1 Å². The Balaban J connectivity index is 1.74. The normalized spacial score (nSPS) is 10.2. The van der Waals surface area contributed by atoms with Crippen LogP contribution in [0.25, 0.3) is 0 Å². The number of hydrogen-bond donors (Lipinski definition) is 0. The fraction of sp³-hybridized carbons (Fsp3) is 0.0952. The quantitative estimate of drug-likeness (QED) is 0.595. The molecule has 0 aliphatic heterocycles. The van der Waals surface area contributed by atoms with E-state index in [0.29, 0.717) is 18.8 Å². The van der Waals surface area contributed by atoms with Crippen LogP contribution in [0.2, 0.25) is 0 Å². The fourth-order valence-corrected chi connectivity index (χ4v) is 2.34. The molecule has 3 aromatic carbocycles. The van der Waals surface area contributed by atoms with Gasteiger partial charge in [0.1, 0.15) is 31.0 Å². The van der Waals surface area contributed by atoms with Gasteiger partial charge < -0.3 is 9.47 Å². The highest BCUT2D eigenvalue weighted by atomic mass is 16.5. The van der Waals surface area contributed by atoms with Crippen LogP contribution in [0.15, 0.2) is 78.9 Å². The van der Waals surface area contributed by atoms with Crippen molar-refractivity contribution in [2.45, 2.75) is 13.2 Å². The Hall–Kier alpha value is -3.07. The first-order valence-electron chi connectivity index (χ1n) is 7.78. The number of rotatable bonds is 7. The molecule has 0 atom stereocenters. The first-order valence-corrected chi connectivity index (χ1v) is 7.78. The lowest BCUT2D eigenvalue weighted by Crippen LogP contribution is -2.03. The molecule has 3 aromatic rings. The van der Waals surface area contributed by atoms with Crippen molar-refractivity contribution in [2.24, 2.45) is 0 Å². The maximum atomic E-state index is 11.0. The highest BCUT2D eigenvalue weighted by Crippen LogP contribution is 2.23. The summed E-state index contributed by atoms with van der Waals surface area (Å²) in [5.41, 5.74) is 2.54. The van der Waals surface area contributed by atoms with Crippen LogP contribution in [-0.2, 0) is 13.2 Å². The molecule has 0 aliphatic rings. The number of hydrogen-bond acceptors (Lipinski definition) is 3. The first-order chi connectivity index (χ1) is 11.8. The minimum atomic E-state index is 0.343. The number of para-hydroxylation sites is 1. The summed E-state index contributed by atoms with van der Waals surface area (Å²) in [5.74, 6) is 1.50. The number of benzene rings is 3. The molecule has 0 heterocycles. The van der Waals surface area contributed by atoms with Crippen molar-refractivity contribution in [3.8, 4) is 11.5 Å². The molecule has 0 saturated carbocycles. The van der Waals surface area contributed by atoms with Crippen molar-refractivity contribution in [1.82, 2.24) is 0 Å². The second-order valence-corrected chi connectivity index (χ2v) is 5.36. The molecule has 0 saturated heterocycles. The highest BCUT2D eigenvalue weighted by Gasteiger charge is 2.07. The summed E-state index contributed by atoms with van der Waals surface area (Å²) in [4.78, 5) is 11.0. The third-order valence-corrected chi connectivity index (χ3v) is 3.60. The largest absolute Gasteiger partial charge is 0.489 e. The number of ether oxygens (including phenoxy) is 2. The average molecular weight is 318 g/mol. The van der Waals surface area contributed by atoms with Gasteiger partial charge in [-0.1, -0.05) is 48.5 Å². The Morgan fingerprint density at radius 1 is 0.750 bits per heavy atom. The van der Waals surface area contributed by atoms with Crippen LogP contribution < -0.4 is 9.47 Å². The Morgan fingerprint density at radius 3 is 2.17 bits per heavy atom. The monoisotopic (exact) mass is 318 g/mol. The lowest BCUT2D eigenvalue weighted by atomic mass is 10.1. The molecular weight excluding hydrogens is 300 g/mol. The maximum absolute atomic E-state index is 11.0. The molecule has 120 valence electrons. The van der Waals surface area contributed by atoms with Crippen LogP contribution in [0.1, 0.15) is 21.5 Å². The van der Waals surface area contributed by atoms with Gasteiger partial charge in [-0.05, 0) is 35.9 Å². The zero-order chi connectivity index (χ0) is 16.6. The topological polar surface area (TPSA) is 35.5 Å². The van der Waals surface area contributed by atoms with Crippen molar-refractivity contribution in [3.63, 3.8) is 0 Å². The third kappa shape index (κ3) is 4.23. The van der Waals surface area contributed by atoms with Crippen LogP contribution in [-0.4, -0.2) is 6.29 Å². The van der Waals surface area contributed by atoms with Crippen LogP contribution in [0.4, 0.5) is 0 Å². The van der Waals surface area contributed by atoms with Crippen LogP contribution in [0, 0.1) is 0 Å². The number of aldehydes is 1. The summed E-state index contributed by atoms with van der Waals surface area (Å²) >= 11 is 0. The SMILES string of the molecule is O=Cc1ccc(OCc2ccccc2)c(COc2ccccc2)c1. The molecule has 0 spiro atoms. The van der Waals surface area contributed by atoms with E-state index in [1.165, 1.54) is 0 Å². The van der Waals surface area contributed by atoms with Crippen molar-refractivity contribution in [3.05, 3.63) is 95.6 Å². The average Bonchev–Trinajstić information content (AvgIpc) is 2.66. The summed E-state index contributed by atoms with van der Waals surface area (Å²) in [6.45, 7) is 0.815. The van der Waals surface area contributed by atoms with Gasteiger partial charge in [0.2, 0.25) is 0 Å². The predicted octanol–water partition coefficient (Wildman–Crippen LogP) is 4.66. The molecule has 0 amide bonds. The van der Waals surface area contributed by atoms with E-state index >= 15 is 0 Å². The fourth-order valence-electron chi connectivity index (χ4n) is 2.34. The van der Waals surface area contributed by atoms with E-state index < -0.39 is 0 Å². The Labute approximate surface area is 141 Å². The Morgan fingerprint density at radius 2 is 1.46 bits per heavy atom. The summed E-state index contributed by atoms with van der Waals surface area (Å²) in [6, 6.07) is 24.9. The zero-order valence-corrected chi connectivity index (χ0v) is 13.2. The Bertz CT molecular complexity index is 783. The van der Waals surface area contributed by atoms with E-state index in [9.17, 15) is 4.79 Å². The molecule has 0 radical (unpaired) electrons. The second kappa shape index (κ2) is 7.97.